The number of nitrogens with two attached hydrogens (primary N) is 1. The molecular formula is C17H28N2O2. The molecular weight excluding hydrogens is 264 g/mol. The fraction of sp³-hybridized carbons (Fsp3) is 0.588. The third-order valence-electron chi connectivity index (χ3n) is 3.46. The fourth-order valence-corrected chi connectivity index (χ4v) is 2.26. The molecule has 0 aromatic heterocycles. The molecule has 1 aromatic carbocycles. The Hall–Kier alpha value is -1.55. The number of rotatable bonds is 9. The van der Waals surface area contributed by atoms with Crippen molar-refractivity contribution in [2.24, 2.45) is 11.7 Å². The predicted octanol–water partition coefficient (Wildman–Crippen LogP) is 3.57. The molecule has 1 unspecified atom stereocenters. The van der Waals surface area contributed by atoms with E-state index in [9.17, 15) is 4.79 Å². The minimum atomic E-state index is 0.0327. The highest BCUT2D eigenvalue weighted by Crippen LogP contribution is 2.25. The van der Waals surface area contributed by atoms with Crippen molar-refractivity contribution in [3.05, 3.63) is 24.3 Å². The van der Waals surface area contributed by atoms with Gasteiger partial charge < -0.3 is 15.8 Å². The van der Waals surface area contributed by atoms with Crippen LogP contribution in [0.1, 0.15) is 46.5 Å². The Kier molecular flexibility index (Phi) is 7.83. The van der Waals surface area contributed by atoms with Gasteiger partial charge >= 0.3 is 0 Å². The molecule has 0 saturated heterocycles. The Balaban J connectivity index is 2.54. The summed E-state index contributed by atoms with van der Waals surface area (Å²) in [4.78, 5) is 12.1. The van der Waals surface area contributed by atoms with Crippen molar-refractivity contribution in [1.82, 2.24) is 0 Å². The van der Waals surface area contributed by atoms with Crippen LogP contribution in [0.2, 0.25) is 0 Å². The number of anilines is 1. The van der Waals surface area contributed by atoms with Crippen LogP contribution in [-0.4, -0.2) is 18.6 Å². The Morgan fingerprint density at radius 1 is 1.29 bits per heavy atom. The number of carbonyl (C=O) groups excluding carboxylic acids is 1. The Bertz CT molecular complexity index is 433. The number of benzene rings is 1. The van der Waals surface area contributed by atoms with Gasteiger partial charge in [0.05, 0.1) is 11.8 Å². The minimum Gasteiger partial charge on any atom is -0.489 e. The van der Waals surface area contributed by atoms with Gasteiger partial charge in [-0.1, -0.05) is 25.5 Å². The van der Waals surface area contributed by atoms with Crippen molar-refractivity contribution in [2.45, 2.75) is 52.6 Å². The number of nitrogens with one attached hydrogen (secondary N) is 1. The maximum Gasteiger partial charge on any atom is 0.224 e. The molecule has 0 aliphatic carbocycles. The smallest absolute Gasteiger partial charge is 0.224 e. The van der Waals surface area contributed by atoms with Gasteiger partial charge in [0.2, 0.25) is 5.91 Å². The summed E-state index contributed by atoms with van der Waals surface area (Å²) >= 11 is 0. The van der Waals surface area contributed by atoms with E-state index in [1.807, 2.05) is 38.1 Å². The molecule has 0 radical (unpaired) electrons. The molecule has 4 heteroatoms. The van der Waals surface area contributed by atoms with E-state index in [2.05, 4.69) is 12.2 Å². The first kappa shape index (κ1) is 17.5. The van der Waals surface area contributed by atoms with Crippen molar-refractivity contribution in [3.8, 4) is 5.75 Å². The van der Waals surface area contributed by atoms with Crippen molar-refractivity contribution in [1.29, 1.82) is 0 Å². The molecule has 1 aromatic rings. The van der Waals surface area contributed by atoms with Crippen molar-refractivity contribution >= 4 is 11.6 Å². The van der Waals surface area contributed by atoms with E-state index in [0.717, 1.165) is 30.7 Å². The Labute approximate surface area is 128 Å². The zero-order valence-electron chi connectivity index (χ0n) is 13.4. The third kappa shape index (κ3) is 6.63. The van der Waals surface area contributed by atoms with Gasteiger partial charge in [0.15, 0.2) is 0 Å². The molecule has 0 saturated carbocycles. The van der Waals surface area contributed by atoms with E-state index in [1.165, 1.54) is 0 Å². The SMILES string of the molecule is CCC(CCN)CCC(=O)Nc1ccccc1OC(C)C. The molecule has 1 amide bonds. The van der Waals surface area contributed by atoms with Gasteiger partial charge in [0, 0.05) is 6.42 Å². The van der Waals surface area contributed by atoms with Crippen LogP contribution in [0, 0.1) is 5.92 Å². The largest absolute Gasteiger partial charge is 0.489 e. The monoisotopic (exact) mass is 292 g/mol. The molecule has 0 fully saturated rings. The standard InChI is InChI=1S/C17H28N2O2/c1-4-14(11-12-18)9-10-17(20)19-15-7-5-6-8-16(15)21-13(2)3/h5-8,13-14H,4,9-12,18H2,1-3H3,(H,19,20). The van der Waals surface area contributed by atoms with Crippen LogP contribution >= 0.6 is 0 Å². The number of para-hydroxylation sites is 2. The van der Waals surface area contributed by atoms with Crippen LogP contribution in [-0.2, 0) is 4.79 Å². The van der Waals surface area contributed by atoms with Gasteiger partial charge in [-0.15, -0.1) is 0 Å². The molecule has 0 heterocycles. The number of hydrogen-bond acceptors (Lipinski definition) is 3. The molecule has 0 aliphatic heterocycles. The van der Waals surface area contributed by atoms with Crippen LogP contribution in [0.25, 0.3) is 0 Å². The van der Waals surface area contributed by atoms with E-state index in [0.29, 0.717) is 18.9 Å². The predicted molar refractivity (Wildman–Crippen MR) is 87.5 cm³/mol. The van der Waals surface area contributed by atoms with Crippen molar-refractivity contribution in [3.63, 3.8) is 0 Å². The average Bonchev–Trinajstić information content (AvgIpc) is 2.45. The van der Waals surface area contributed by atoms with Crippen LogP contribution in [0.15, 0.2) is 24.3 Å². The van der Waals surface area contributed by atoms with Gasteiger partial charge in [-0.05, 0) is 51.3 Å². The van der Waals surface area contributed by atoms with Gasteiger partial charge in [0.25, 0.3) is 0 Å². The third-order valence-corrected chi connectivity index (χ3v) is 3.46. The van der Waals surface area contributed by atoms with Crippen molar-refractivity contribution < 1.29 is 9.53 Å². The molecule has 0 bridgehead atoms. The molecule has 3 N–H and O–H groups in total. The zero-order chi connectivity index (χ0) is 15.7. The highest BCUT2D eigenvalue weighted by molar-refractivity contribution is 5.92. The van der Waals surface area contributed by atoms with Crippen LogP contribution in [0.5, 0.6) is 5.75 Å². The lowest BCUT2D eigenvalue weighted by molar-refractivity contribution is -0.116. The molecule has 118 valence electrons. The van der Waals surface area contributed by atoms with Crippen LogP contribution in [0.3, 0.4) is 0 Å². The molecule has 21 heavy (non-hydrogen) atoms. The highest BCUT2D eigenvalue weighted by Gasteiger charge is 2.11. The summed E-state index contributed by atoms with van der Waals surface area (Å²) < 4.78 is 5.70. The second kappa shape index (κ2) is 9.40. The minimum absolute atomic E-state index is 0.0327. The maximum atomic E-state index is 12.1. The van der Waals surface area contributed by atoms with E-state index in [1.54, 1.807) is 0 Å². The van der Waals surface area contributed by atoms with Gasteiger partial charge in [0.1, 0.15) is 5.75 Å². The zero-order valence-corrected chi connectivity index (χ0v) is 13.4. The first-order valence-electron chi connectivity index (χ1n) is 7.82. The Morgan fingerprint density at radius 3 is 2.62 bits per heavy atom. The van der Waals surface area contributed by atoms with E-state index in [4.69, 9.17) is 10.5 Å². The number of ether oxygens (including phenoxy) is 1. The summed E-state index contributed by atoms with van der Waals surface area (Å²) in [6.45, 7) is 6.77. The second-order valence-electron chi connectivity index (χ2n) is 5.60. The average molecular weight is 292 g/mol. The van der Waals surface area contributed by atoms with Gasteiger partial charge in [-0.25, -0.2) is 0 Å². The highest BCUT2D eigenvalue weighted by atomic mass is 16.5. The Morgan fingerprint density at radius 2 is 2.00 bits per heavy atom. The second-order valence-corrected chi connectivity index (χ2v) is 5.60. The summed E-state index contributed by atoms with van der Waals surface area (Å²) in [6, 6.07) is 7.54. The summed E-state index contributed by atoms with van der Waals surface area (Å²) in [5.74, 6) is 1.28. The first-order valence-corrected chi connectivity index (χ1v) is 7.82. The summed E-state index contributed by atoms with van der Waals surface area (Å²) in [7, 11) is 0. The first-order chi connectivity index (χ1) is 10.1. The molecule has 4 nitrogen and oxygen atoms in total. The van der Waals surface area contributed by atoms with Crippen LogP contribution in [0.4, 0.5) is 5.69 Å². The normalized spacial score (nSPS) is 12.2. The van der Waals surface area contributed by atoms with Gasteiger partial charge in [-0.3, -0.25) is 4.79 Å². The molecule has 0 spiro atoms. The van der Waals surface area contributed by atoms with E-state index >= 15 is 0 Å². The number of amides is 1. The number of hydrogen-bond donors (Lipinski definition) is 2. The fourth-order valence-electron chi connectivity index (χ4n) is 2.26. The summed E-state index contributed by atoms with van der Waals surface area (Å²) in [6.07, 6.45) is 3.53. The molecule has 1 atom stereocenters. The topological polar surface area (TPSA) is 64.4 Å². The van der Waals surface area contributed by atoms with E-state index in [-0.39, 0.29) is 12.0 Å². The molecule has 1 rings (SSSR count). The quantitative estimate of drug-likeness (QED) is 0.731. The lowest BCUT2D eigenvalue weighted by atomic mass is 9.96. The maximum absolute atomic E-state index is 12.1. The number of carbonyl (C=O) groups is 1. The molecule has 0 aliphatic rings. The lowest BCUT2D eigenvalue weighted by Crippen LogP contribution is -2.16. The van der Waals surface area contributed by atoms with Gasteiger partial charge in [-0.2, -0.15) is 0 Å². The lowest BCUT2D eigenvalue weighted by Gasteiger charge is -2.16. The van der Waals surface area contributed by atoms with E-state index < -0.39 is 0 Å². The summed E-state index contributed by atoms with van der Waals surface area (Å²) in [5, 5.41) is 2.94. The van der Waals surface area contributed by atoms with Crippen LogP contribution < -0.4 is 15.8 Å². The van der Waals surface area contributed by atoms with Crippen molar-refractivity contribution in [2.75, 3.05) is 11.9 Å². The summed E-state index contributed by atoms with van der Waals surface area (Å²) in [5.41, 5.74) is 6.32.